The largest absolute Gasteiger partial charge is 0.478 e. The molecule has 3 rings (SSSR count). The Balaban J connectivity index is 1.83. The van der Waals surface area contributed by atoms with Gasteiger partial charge in [0.05, 0.1) is 5.92 Å². The van der Waals surface area contributed by atoms with Crippen molar-refractivity contribution in [1.29, 1.82) is 0 Å². The maximum Gasteiger partial charge on any atom is 0.348 e. The first-order chi connectivity index (χ1) is 8.63. The summed E-state index contributed by atoms with van der Waals surface area (Å²) in [5, 5.41) is 9.54. The van der Waals surface area contributed by atoms with Crippen molar-refractivity contribution in [3.05, 3.63) is 0 Å². The Morgan fingerprint density at radius 2 is 1.89 bits per heavy atom. The van der Waals surface area contributed by atoms with Gasteiger partial charge in [0.1, 0.15) is 0 Å². The van der Waals surface area contributed by atoms with E-state index in [0.29, 0.717) is 38.4 Å². The second-order valence-electron chi connectivity index (χ2n) is 5.65. The molecule has 2 aliphatic heterocycles. The lowest BCUT2D eigenvalue weighted by atomic mass is 9.77. The van der Waals surface area contributed by atoms with Crippen molar-refractivity contribution in [2.45, 2.75) is 37.7 Å². The number of carboxylic acids is 1. The zero-order valence-electron chi connectivity index (χ0n) is 10.3. The quantitative estimate of drug-likeness (QED) is 0.766. The maximum atomic E-state index is 11.9. The number of carboxylic acid groups (broad SMARTS) is 1. The number of rotatable bonds is 3. The van der Waals surface area contributed by atoms with Gasteiger partial charge >= 0.3 is 11.9 Å². The standard InChI is InChI=1S/C13H18O5/c14-11-10(8-1-2-8)7-13(18-11,12(15)16)9-3-5-17-6-4-9/h8-10H,1-7H2,(H,15,16). The molecular weight excluding hydrogens is 236 g/mol. The molecule has 0 aromatic rings. The Kier molecular flexibility index (Phi) is 2.81. The minimum absolute atomic E-state index is 0.101. The Morgan fingerprint density at radius 3 is 2.44 bits per heavy atom. The van der Waals surface area contributed by atoms with E-state index in [1.54, 1.807) is 0 Å². The molecule has 0 radical (unpaired) electrons. The number of esters is 1. The van der Waals surface area contributed by atoms with E-state index < -0.39 is 11.6 Å². The molecular formula is C13H18O5. The number of aliphatic carboxylic acids is 1. The van der Waals surface area contributed by atoms with E-state index in [4.69, 9.17) is 9.47 Å². The van der Waals surface area contributed by atoms with Gasteiger partial charge in [0.25, 0.3) is 0 Å². The molecule has 18 heavy (non-hydrogen) atoms. The molecule has 3 fully saturated rings. The molecule has 0 aromatic heterocycles. The van der Waals surface area contributed by atoms with Gasteiger partial charge in [-0.3, -0.25) is 4.79 Å². The summed E-state index contributed by atoms with van der Waals surface area (Å²) < 4.78 is 10.6. The van der Waals surface area contributed by atoms with Crippen LogP contribution in [-0.4, -0.2) is 35.9 Å². The highest BCUT2D eigenvalue weighted by molar-refractivity contribution is 5.87. The van der Waals surface area contributed by atoms with E-state index in [2.05, 4.69) is 0 Å². The Bertz CT molecular complexity index is 370. The zero-order valence-corrected chi connectivity index (χ0v) is 10.3. The van der Waals surface area contributed by atoms with Crippen LogP contribution in [-0.2, 0) is 19.1 Å². The topological polar surface area (TPSA) is 72.8 Å². The van der Waals surface area contributed by atoms with Crippen molar-refractivity contribution < 1.29 is 24.2 Å². The van der Waals surface area contributed by atoms with E-state index in [-0.39, 0.29) is 17.8 Å². The fourth-order valence-corrected chi connectivity index (χ4v) is 3.28. The third-order valence-corrected chi connectivity index (χ3v) is 4.54. The highest BCUT2D eigenvalue weighted by Crippen LogP contribution is 2.49. The second kappa shape index (κ2) is 4.23. The Labute approximate surface area is 105 Å². The smallest absolute Gasteiger partial charge is 0.348 e. The van der Waals surface area contributed by atoms with Crippen LogP contribution in [0.1, 0.15) is 32.1 Å². The van der Waals surface area contributed by atoms with E-state index in [0.717, 1.165) is 12.8 Å². The predicted octanol–water partition coefficient (Wildman–Crippen LogP) is 1.21. The zero-order chi connectivity index (χ0) is 12.8. The van der Waals surface area contributed by atoms with E-state index in [9.17, 15) is 14.7 Å². The van der Waals surface area contributed by atoms with Gasteiger partial charge in [-0.25, -0.2) is 4.79 Å². The molecule has 0 spiro atoms. The van der Waals surface area contributed by atoms with Crippen LogP contribution in [0.25, 0.3) is 0 Å². The van der Waals surface area contributed by atoms with Crippen molar-refractivity contribution in [2.75, 3.05) is 13.2 Å². The third kappa shape index (κ3) is 1.81. The fraction of sp³-hybridized carbons (Fsp3) is 0.846. The molecule has 1 saturated carbocycles. The molecule has 5 heteroatoms. The predicted molar refractivity (Wildman–Crippen MR) is 60.8 cm³/mol. The van der Waals surface area contributed by atoms with Crippen molar-refractivity contribution in [3.63, 3.8) is 0 Å². The van der Waals surface area contributed by atoms with E-state index >= 15 is 0 Å². The Hall–Kier alpha value is -1.10. The van der Waals surface area contributed by atoms with Gasteiger partial charge in [0, 0.05) is 25.6 Å². The summed E-state index contributed by atoms with van der Waals surface area (Å²) in [6.45, 7) is 1.12. The molecule has 100 valence electrons. The SMILES string of the molecule is O=C1OC(C(=O)O)(C2CCOCC2)CC1C1CC1. The van der Waals surface area contributed by atoms with Gasteiger partial charge in [-0.15, -0.1) is 0 Å². The highest BCUT2D eigenvalue weighted by atomic mass is 16.6. The lowest BCUT2D eigenvalue weighted by Crippen LogP contribution is -2.48. The van der Waals surface area contributed by atoms with Gasteiger partial charge in [-0.2, -0.15) is 0 Å². The number of carbonyl (C=O) groups is 2. The minimum Gasteiger partial charge on any atom is -0.478 e. The maximum absolute atomic E-state index is 11.9. The number of hydrogen-bond donors (Lipinski definition) is 1. The average molecular weight is 254 g/mol. The minimum atomic E-state index is -1.28. The van der Waals surface area contributed by atoms with Crippen LogP contribution in [0.3, 0.4) is 0 Å². The molecule has 2 atom stereocenters. The fourth-order valence-electron chi connectivity index (χ4n) is 3.28. The summed E-state index contributed by atoms with van der Waals surface area (Å²) in [7, 11) is 0. The molecule has 0 amide bonds. The van der Waals surface area contributed by atoms with Crippen LogP contribution in [0, 0.1) is 17.8 Å². The summed E-state index contributed by atoms with van der Waals surface area (Å²) >= 11 is 0. The molecule has 1 aliphatic carbocycles. The number of cyclic esters (lactones) is 1. The Morgan fingerprint density at radius 1 is 1.22 bits per heavy atom. The molecule has 2 unspecified atom stereocenters. The molecule has 0 bridgehead atoms. The number of hydrogen-bond acceptors (Lipinski definition) is 4. The molecule has 1 N–H and O–H groups in total. The van der Waals surface area contributed by atoms with Crippen LogP contribution < -0.4 is 0 Å². The molecule has 2 heterocycles. The first-order valence-corrected chi connectivity index (χ1v) is 6.67. The number of carbonyl (C=O) groups excluding carboxylic acids is 1. The van der Waals surface area contributed by atoms with Gasteiger partial charge in [0.15, 0.2) is 0 Å². The second-order valence-corrected chi connectivity index (χ2v) is 5.65. The molecule has 5 nitrogen and oxygen atoms in total. The molecule has 2 saturated heterocycles. The van der Waals surface area contributed by atoms with Gasteiger partial charge in [-0.1, -0.05) is 0 Å². The van der Waals surface area contributed by atoms with Crippen molar-refractivity contribution >= 4 is 11.9 Å². The van der Waals surface area contributed by atoms with Gasteiger partial charge < -0.3 is 14.6 Å². The third-order valence-electron chi connectivity index (χ3n) is 4.54. The van der Waals surface area contributed by atoms with E-state index in [1.165, 1.54) is 0 Å². The monoisotopic (exact) mass is 254 g/mol. The highest BCUT2D eigenvalue weighted by Gasteiger charge is 2.59. The lowest BCUT2D eigenvalue weighted by Gasteiger charge is -2.34. The normalized spacial score (nSPS) is 37.6. The van der Waals surface area contributed by atoms with Crippen LogP contribution in [0.15, 0.2) is 0 Å². The summed E-state index contributed by atoms with van der Waals surface area (Å²) in [4.78, 5) is 23.5. The lowest BCUT2D eigenvalue weighted by molar-refractivity contribution is -0.179. The summed E-state index contributed by atoms with van der Waals surface area (Å²) in [5.41, 5.74) is -1.28. The van der Waals surface area contributed by atoms with Crippen molar-refractivity contribution in [1.82, 2.24) is 0 Å². The first kappa shape index (κ1) is 12.0. The van der Waals surface area contributed by atoms with Crippen LogP contribution in [0.5, 0.6) is 0 Å². The molecule has 3 aliphatic rings. The van der Waals surface area contributed by atoms with Crippen LogP contribution >= 0.6 is 0 Å². The van der Waals surface area contributed by atoms with Crippen LogP contribution in [0.2, 0.25) is 0 Å². The molecule has 0 aromatic carbocycles. The summed E-state index contributed by atoms with van der Waals surface area (Å²) in [6, 6.07) is 0. The van der Waals surface area contributed by atoms with Gasteiger partial charge in [0.2, 0.25) is 5.60 Å². The van der Waals surface area contributed by atoms with Gasteiger partial charge in [-0.05, 0) is 31.6 Å². The summed E-state index contributed by atoms with van der Waals surface area (Å²) in [5.74, 6) is -1.21. The van der Waals surface area contributed by atoms with Crippen molar-refractivity contribution in [2.24, 2.45) is 17.8 Å². The average Bonchev–Trinajstić information content (AvgIpc) is 3.14. The summed E-state index contributed by atoms with van der Waals surface area (Å²) in [6.07, 6.45) is 3.75. The van der Waals surface area contributed by atoms with Crippen molar-refractivity contribution in [3.8, 4) is 0 Å². The van der Waals surface area contributed by atoms with E-state index in [1.807, 2.05) is 0 Å². The van der Waals surface area contributed by atoms with Crippen LogP contribution in [0.4, 0.5) is 0 Å². The first-order valence-electron chi connectivity index (χ1n) is 6.67. The number of ether oxygens (including phenoxy) is 2.